The van der Waals surface area contributed by atoms with Gasteiger partial charge in [0, 0.05) is 29.2 Å². The maximum Gasteiger partial charge on any atom is 0.274 e. The van der Waals surface area contributed by atoms with Crippen molar-refractivity contribution in [2.45, 2.75) is 32.2 Å². The summed E-state index contributed by atoms with van der Waals surface area (Å²) in [6, 6.07) is 15.5. The molecule has 1 amide bonds. The Bertz CT molecular complexity index is 1220. The maximum atomic E-state index is 12.9. The van der Waals surface area contributed by atoms with E-state index >= 15 is 0 Å². The topological polar surface area (TPSA) is 77.6 Å². The molecule has 7 nitrogen and oxygen atoms in total. The summed E-state index contributed by atoms with van der Waals surface area (Å²) in [6.45, 7) is 2.40. The largest absolute Gasteiger partial charge is 0.346 e. The fraction of sp³-hybridized carbons (Fsp3) is 0.217. The van der Waals surface area contributed by atoms with Crippen molar-refractivity contribution in [2.75, 3.05) is 0 Å². The van der Waals surface area contributed by atoms with Crippen LogP contribution in [0.25, 0.3) is 11.4 Å². The molecule has 1 N–H and O–H groups in total. The third-order valence-corrected chi connectivity index (χ3v) is 5.59. The van der Waals surface area contributed by atoms with Crippen LogP contribution in [0.1, 0.15) is 46.1 Å². The highest BCUT2D eigenvalue weighted by atomic mass is 35.5. The second kappa shape index (κ2) is 8.00. The number of carbonyl (C=O) groups excluding carboxylic acids is 1. The minimum atomic E-state index is -0.223. The van der Waals surface area contributed by atoms with Crippen molar-refractivity contribution in [3.8, 4) is 11.4 Å². The predicted octanol–water partition coefficient (Wildman–Crippen LogP) is 4.22. The van der Waals surface area contributed by atoms with Gasteiger partial charge in [-0.2, -0.15) is 5.10 Å². The Kier molecular flexibility index (Phi) is 5.03. The van der Waals surface area contributed by atoms with Gasteiger partial charge in [0.1, 0.15) is 0 Å². The number of nitrogens with one attached hydrogen (secondary N) is 1. The highest BCUT2D eigenvalue weighted by Crippen LogP contribution is 2.42. The van der Waals surface area contributed by atoms with E-state index in [1.165, 1.54) is 5.56 Å². The van der Waals surface area contributed by atoms with Crippen molar-refractivity contribution in [1.82, 2.24) is 30.1 Å². The first-order valence-corrected chi connectivity index (χ1v) is 10.6. The van der Waals surface area contributed by atoms with Gasteiger partial charge in [0.05, 0.1) is 23.3 Å². The van der Waals surface area contributed by atoms with E-state index in [4.69, 9.17) is 11.6 Å². The van der Waals surface area contributed by atoms with Gasteiger partial charge < -0.3 is 5.32 Å². The van der Waals surface area contributed by atoms with Crippen LogP contribution in [0.2, 0.25) is 5.02 Å². The first-order chi connectivity index (χ1) is 15.1. The molecule has 5 rings (SSSR count). The molecule has 0 aliphatic heterocycles. The number of halogens is 1. The SMILES string of the molecule is Cc1ccc(-n2nnc(C(=O)NCc3cnn(-c4ccc(Cl)cc4)c3)c2C2CC2)cc1. The molecular weight excluding hydrogens is 412 g/mol. The summed E-state index contributed by atoms with van der Waals surface area (Å²) in [4.78, 5) is 12.9. The first-order valence-electron chi connectivity index (χ1n) is 10.2. The Morgan fingerprint density at radius 2 is 1.81 bits per heavy atom. The number of amides is 1. The normalized spacial score (nSPS) is 13.4. The lowest BCUT2D eigenvalue weighted by molar-refractivity contribution is 0.0945. The number of rotatable bonds is 6. The number of nitrogens with zero attached hydrogens (tertiary/aromatic N) is 5. The summed E-state index contributed by atoms with van der Waals surface area (Å²) < 4.78 is 3.55. The number of carbonyl (C=O) groups is 1. The van der Waals surface area contributed by atoms with Gasteiger partial charge in [-0.1, -0.05) is 34.5 Å². The highest BCUT2D eigenvalue weighted by molar-refractivity contribution is 6.30. The van der Waals surface area contributed by atoms with Crippen molar-refractivity contribution >= 4 is 17.5 Å². The van der Waals surface area contributed by atoms with E-state index < -0.39 is 0 Å². The Labute approximate surface area is 184 Å². The van der Waals surface area contributed by atoms with Gasteiger partial charge in [-0.15, -0.1) is 5.10 Å². The van der Waals surface area contributed by atoms with Gasteiger partial charge in [-0.25, -0.2) is 9.36 Å². The molecule has 1 saturated carbocycles. The summed E-state index contributed by atoms with van der Waals surface area (Å²) >= 11 is 5.94. The van der Waals surface area contributed by atoms with E-state index in [2.05, 4.69) is 20.7 Å². The molecule has 0 spiro atoms. The number of benzene rings is 2. The Balaban J connectivity index is 1.32. The van der Waals surface area contributed by atoms with Crippen LogP contribution >= 0.6 is 11.6 Å². The van der Waals surface area contributed by atoms with E-state index in [0.29, 0.717) is 23.2 Å². The average Bonchev–Trinajstić information content (AvgIpc) is 3.33. The zero-order valence-electron chi connectivity index (χ0n) is 17.0. The fourth-order valence-electron chi connectivity index (χ4n) is 3.50. The molecule has 2 aromatic heterocycles. The lowest BCUT2D eigenvalue weighted by atomic mass is 10.2. The third-order valence-electron chi connectivity index (χ3n) is 5.34. The molecule has 31 heavy (non-hydrogen) atoms. The van der Waals surface area contributed by atoms with E-state index in [1.807, 2.05) is 61.7 Å². The molecule has 8 heteroatoms. The van der Waals surface area contributed by atoms with E-state index in [9.17, 15) is 4.79 Å². The van der Waals surface area contributed by atoms with Gasteiger partial charge in [-0.05, 0) is 56.2 Å². The van der Waals surface area contributed by atoms with E-state index in [-0.39, 0.29) is 5.91 Å². The molecular formula is C23H21ClN6O. The molecule has 1 aliphatic rings. The first kappa shape index (κ1) is 19.5. The zero-order chi connectivity index (χ0) is 21.4. The second-order valence-electron chi connectivity index (χ2n) is 7.80. The predicted molar refractivity (Wildman–Crippen MR) is 118 cm³/mol. The molecule has 0 radical (unpaired) electrons. The van der Waals surface area contributed by atoms with Crippen molar-refractivity contribution in [3.63, 3.8) is 0 Å². The number of hydrogen-bond acceptors (Lipinski definition) is 4. The zero-order valence-corrected chi connectivity index (χ0v) is 17.8. The monoisotopic (exact) mass is 432 g/mol. The van der Waals surface area contributed by atoms with Gasteiger partial charge in [0.15, 0.2) is 5.69 Å². The summed E-state index contributed by atoms with van der Waals surface area (Å²) in [5.41, 5.74) is 5.17. The molecule has 0 bridgehead atoms. The van der Waals surface area contributed by atoms with Crippen LogP contribution < -0.4 is 5.32 Å². The Morgan fingerprint density at radius 1 is 1.10 bits per heavy atom. The molecule has 2 heterocycles. The summed E-state index contributed by atoms with van der Waals surface area (Å²) in [5, 5.41) is 16.5. The molecule has 0 saturated heterocycles. The molecule has 1 aliphatic carbocycles. The lowest BCUT2D eigenvalue weighted by Crippen LogP contribution is -2.24. The lowest BCUT2D eigenvalue weighted by Gasteiger charge is -2.08. The molecule has 2 aromatic carbocycles. The molecule has 0 unspecified atom stereocenters. The second-order valence-corrected chi connectivity index (χ2v) is 8.23. The summed E-state index contributed by atoms with van der Waals surface area (Å²) in [5.74, 6) is 0.101. The molecule has 156 valence electrons. The maximum absolute atomic E-state index is 12.9. The number of hydrogen-bond donors (Lipinski definition) is 1. The van der Waals surface area contributed by atoms with Crippen LogP contribution in [-0.2, 0) is 6.54 Å². The number of aryl methyl sites for hydroxylation is 1. The van der Waals surface area contributed by atoms with E-state index in [1.54, 1.807) is 15.6 Å². The Morgan fingerprint density at radius 3 is 2.52 bits per heavy atom. The van der Waals surface area contributed by atoms with Gasteiger partial charge in [0.25, 0.3) is 5.91 Å². The minimum absolute atomic E-state index is 0.223. The molecule has 1 fully saturated rings. The van der Waals surface area contributed by atoms with E-state index in [0.717, 1.165) is 35.5 Å². The Hall–Kier alpha value is -3.45. The van der Waals surface area contributed by atoms with Gasteiger partial charge >= 0.3 is 0 Å². The molecule has 4 aromatic rings. The van der Waals surface area contributed by atoms with Crippen LogP contribution in [0, 0.1) is 6.92 Å². The summed E-state index contributed by atoms with van der Waals surface area (Å²) in [6.07, 6.45) is 5.72. The van der Waals surface area contributed by atoms with Crippen LogP contribution in [-0.4, -0.2) is 30.7 Å². The fourth-order valence-corrected chi connectivity index (χ4v) is 3.63. The van der Waals surface area contributed by atoms with Crippen LogP contribution in [0.4, 0.5) is 0 Å². The van der Waals surface area contributed by atoms with Gasteiger partial charge in [-0.3, -0.25) is 4.79 Å². The van der Waals surface area contributed by atoms with Crippen molar-refractivity contribution in [2.24, 2.45) is 0 Å². The van der Waals surface area contributed by atoms with Crippen LogP contribution in [0.5, 0.6) is 0 Å². The minimum Gasteiger partial charge on any atom is -0.346 e. The molecule has 0 atom stereocenters. The van der Waals surface area contributed by atoms with Gasteiger partial charge in [0.2, 0.25) is 0 Å². The van der Waals surface area contributed by atoms with Crippen LogP contribution in [0.3, 0.4) is 0 Å². The standard InChI is InChI=1S/C23H21ClN6O/c1-15-2-8-20(9-3-15)30-22(17-4-5-17)21(27-28-30)23(31)25-12-16-13-26-29(14-16)19-10-6-18(24)7-11-19/h2-3,6-11,13-14,17H,4-5,12H2,1H3,(H,25,31). The van der Waals surface area contributed by atoms with Crippen LogP contribution in [0.15, 0.2) is 60.9 Å². The number of aromatic nitrogens is 5. The smallest absolute Gasteiger partial charge is 0.274 e. The quantitative estimate of drug-likeness (QED) is 0.494. The summed E-state index contributed by atoms with van der Waals surface area (Å²) in [7, 11) is 0. The highest BCUT2D eigenvalue weighted by Gasteiger charge is 2.34. The van der Waals surface area contributed by atoms with Crippen molar-refractivity contribution < 1.29 is 4.79 Å². The average molecular weight is 433 g/mol. The van der Waals surface area contributed by atoms with Crippen molar-refractivity contribution in [1.29, 1.82) is 0 Å². The third kappa shape index (κ3) is 4.09. The van der Waals surface area contributed by atoms with Crippen molar-refractivity contribution in [3.05, 3.63) is 88.5 Å².